The zero-order valence-electron chi connectivity index (χ0n) is 9.13. The van der Waals surface area contributed by atoms with Crippen molar-refractivity contribution < 1.29 is 9.53 Å². The summed E-state index contributed by atoms with van der Waals surface area (Å²) in [6, 6.07) is 5.31. The van der Waals surface area contributed by atoms with Crippen LogP contribution in [0.3, 0.4) is 0 Å². The fourth-order valence-corrected chi connectivity index (χ4v) is 0.993. The maximum Gasteiger partial charge on any atom is 0.152 e. The number of ether oxygens (including phenoxy) is 1. The van der Waals surface area contributed by atoms with E-state index in [0.29, 0.717) is 11.3 Å². The van der Waals surface area contributed by atoms with Crippen molar-refractivity contribution in [1.82, 2.24) is 0 Å². The van der Waals surface area contributed by atoms with E-state index in [1.165, 1.54) is 0 Å². The minimum Gasteiger partial charge on any atom is -0.497 e. The van der Waals surface area contributed by atoms with Crippen LogP contribution in [0.4, 0.5) is 5.69 Å². The normalized spacial score (nSPS) is 8.29. The van der Waals surface area contributed by atoms with Gasteiger partial charge in [0.2, 0.25) is 0 Å². The van der Waals surface area contributed by atoms with Crippen LogP contribution < -0.4 is 10.1 Å². The third kappa shape index (κ3) is 3.09. The second-order valence-electron chi connectivity index (χ2n) is 2.32. The van der Waals surface area contributed by atoms with Gasteiger partial charge in [0, 0.05) is 18.3 Å². The number of hydrogen-bond donors (Lipinski definition) is 1. The fourth-order valence-electron chi connectivity index (χ4n) is 0.993. The van der Waals surface area contributed by atoms with Crippen molar-refractivity contribution >= 4 is 12.0 Å². The van der Waals surface area contributed by atoms with Crippen LogP contribution in [-0.2, 0) is 0 Å². The van der Waals surface area contributed by atoms with Crippen LogP contribution in [-0.4, -0.2) is 20.4 Å². The summed E-state index contributed by atoms with van der Waals surface area (Å²) in [5, 5.41) is 2.91. The first-order valence-corrected chi connectivity index (χ1v) is 4.62. The highest BCUT2D eigenvalue weighted by Crippen LogP contribution is 2.19. The predicted octanol–water partition coefficient (Wildman–Crippen LogP) is 2.58. The smallest absolute Gasteiger partial charge is 0.152 e. The molecule has 0 fully saturated rings. The van der Waals surface area contributed by atoms with Crippen LogP contribution in [0.1, 0.15) is 24.2 Å². The topological polar surface area (TPSA) is 38.3 Å². The zero-order valence-corrected chi connectivity index (χ0v) is 9.13. The monoisotopic (exact) mass is 195 g/mol. The Kier molecular flexibility index (Phi) is 6.20. The molecule has 1 aromatic carbocycles. The largest absolute Gasteiger partial charge is 0.497 e. The molecule has 14 heavy (non-hydrogen) atoms. The number of aldehydes is 1. The van der Waals surface area contributed by atoms with Gasteiger partial charge in [0.05, 0.1) is 7.11 Å². The molecular formula is C11H17NO2. The first-order valence-electron chi connectivity index (χ1n) is 4.62. The van der Waals surface area contributed by atoms with Crippen LogP contribution in [0.5, 0.6) is 5.75 Å². The third-order valence-corrected chi connectivity index (χ3v) is 1.66. The summed E-state index contributed by atoms with van der Waals surface area (Å²) in [5.41, 5.74) is 1.42. The van der Waals surface area contributed by atoms with Crippen LogP contribution in [0, 0.1) is 0 Å². The van der Waals surface area contributed by atoms with Gasteiger partial charge in [-0.15, -0.1) is 0 Å². The van der Waals surface area contributed by atoms with Crippen LogP contribution in [0.25, 0.3) is 0 Å². The van der Waals surface area contributed by atoms with Crippen LogP contribution in [0.15, 0.2) is 18.2 Å². The summed E-state index contributed by atoms with van der Waals surface area (Å²) < 4.78 is 4.97. The van der Waals surface area contributed by atoms with Gasteiger partial charge in [-0.1, -0.05) is 13.8 Å². The maximum absolute atomic E-state index is 10.6. The molecule has 3 heteroatoms. The Bertz CT molecular complexity index is 285. The number of anilines is 1. The van der Waals surface area contributed by atoms with Gasteiger partial charge >= 0.3 is 0 Å². The lowest BCUT2D eigenvalue weighted by atomic mass is 10.2. The van der Waals surface area contributed by atoms with Gasteiger partial charge in [0.25, 0.3) is 0 Å². The van der Waals surface area contributed by atoms with E-state index in [9.17, 15) is 4.79 Å². The molecule has 0 heterocycles. The lowest BCUT2D eigenvalue weighted by Crippen LogP contribution is -1.94. The second-order valence-corrected chi connectivity index (χ2v) is 2.32. The highest BCUT2D eigenvalue weighted by Gasteiger charge is 2.00. The zero-order chi connectivity index (χ0) is 11.0. The van der Waals surface area contributed by atoms with Crippen molar-refractivity contribution in [1.29, 1.82) is 0 Å². The third-order valence-electron chi connectivity index (χ3n) is 1.66. The van der Waals surface area contributed by atoms with Crippen molar-refractivity contribution in [2.45, 2.75) is 13.8 Å². The van der Waals surface area contributed by atoms with E-state index in [4.69, 9.17) is 4.74 Å². The first kappa shape index (κ1) is 12.5. The SMILES string of the molecule is CC.CNc1ccc(OC)cc1C=O. The summed E-state index contributed by atoms with van der Waals surface area (Å²) in [6.07, 6.45) is 0.800. The lowest BCUT2D eigenvalue weighted by Gasteiger charge is -2.05. The molecule has 0 aromatic heterocycles. The standard InChI is InChI=1S/C9H11NO2.C2H6/c1-10-9-4-3-8(12-2)5-7(9)6-11;1-2/h3-6,10H,1-2H3;1-2H3. The van der Waals surface area contributed by atoms with E-state index in [-0.39, 0.29) is 0 Å². The highest BCUT2D eigenvalue weighted by atomic mass is 16.5. The summed E-state index contributed by atoms with van der Waals surface area (Å²) >= 11 is 0. The van der Waals surface area contributed by atoms with E-state index in [1.807, 2.05) is 19.9 Å². The first-order chi connectivity index (χ1) is 6.81. The van der Waals surface area contributed by atoms with Gasteiger partial charge in [-0.3, -0.25) is 4.79 Å². The molecule has 1 N–H and O–H groups in total. The summed E-state index contributed by atoms with van der Waals surface area (Å²) in [4.78, 5) is 10.6. The Morgan fingerprint density at radius 1 is 1.36 bits per heavy atom. The van der Waals surface area contributed by atoms with Crippen molar-refractivity contribution in [3.05, 3.63) is 23.8 Å². The summed E-state index contributed by atoms with van der Waals surface area (Å²) in [7, 11) is 3.35. The Labute approximate surface area is 85.1 Å². The molecule has 0 spiro atoms. The van der Waals surface area contributed by atoms with Crippen molar-refractivity contribution in [3.8, 4) is 5.75 Å². The molecule has 0 atom stereocenters. The molecule has 0 aliphatic heterocycles. The summed E-state index contributed by atoms with van der Waals surface area (Å²) in [6.45, 7) is 4.00. The van der Waals surface area contributed by atoms with Crippen molar-refractivity contribution in [2.75, 3.05) is 19.5 Å². The number of methoxy groups -OCH3 is 1. The number of hydrogen-bond acceptors (Lipinski definition) is 3. The van der Waals surface area contributed by atoms with Gasteiger partial charge in [-0.2, -0.15) is 0 Å². The van der Waals surface area contributed by atoms with Crippen LogP contribution in [0.2, 0.25) is 0 Å². The number of benzene rings is 1. The van der Waals surface area contributed by atoms with E-state index < -0.39 is 0 Å². The number of nitrogens with one attached hydrogen (secondary N) is 1. The molecule has 0 radical (unpaired) electrons. The lowest BCUT2D eigenvalue weighted by molar-refractivity contribution is 0.112. The Balaban J connectivity index is 0.000000791. The minimum absolute atomic E-state index is 0.608. The average molecular weight is 195 g/mol. The number of carbonyl (C=O) groups is 1. The van der Waals surface area contributed by atoms with Crippen molar-refractivity contribution in [3.63, 3.8) is 0 Å². The fraction of sp³-hybridized carbons (Fsp3) is 0.364. The van der Waals surface area contributed by atoms with E-state index in [0.717, 1.165) is 12.0 Å². The highest BCUT2D eigenvalue weighted by molar-refractivity contribution is 5.84. The molecule has 78 valence electrons. The van der Waals surface area contributed by atoms with Crippen molar-refractivity contribution in [2.24, 2.45) is 0 Å². The van der Waals surface area contributed by atoms with Gasteiger partial charge in [-0.25, -0.2) is 0 Å². The molecule has 0 unspecified atom stereocenters. The maximum atomic E-state index is 10.6. The van der Waals surface area contributed by atoms with E-state index >= 15 is 0 Å². The molecule has 0 saturated heterocycles. The van der Waals surface area contributed by atoms with Gasteiger partial charge < -0.3 is 10.1 Å². The Hall–Kier alpha value is -1.51. The molecule has 0 bridgehead atoms. The average Bonchev–Trinajstić information content (AvgIpc) is 2.30. The molecular weight excluding hydrogens is 178 g/mol. The molecule has 1 rings (SSSR count). The van der Waals surface area contributed by atoms with Gasteiger partial charge in [0.15, 0.2) is 6.29 Å². The molecule has 0 aliphatic carbocycles. The van der Waals surface area contributed by atoms with E-state index in [2.05, 4.69) is 5.32 Å². The minimum atomic E-state index is 0.608. The molecule has 0 amide bonds. The predicted molar refractivity (Wildman–Crippen MR) is 59.3 cm³/mol. The quantitative estimate of drug-likeness (QED) is 0.753. The Morgan fingerprint density at radius 3 is 2.43 bits per heavy atom. The van der Waals surface area contributed by atoms with Gasteiger partial charge in [0.1, 0.15) is 5.75 Å². The second kappa shape index (κ2) is 6.95. The summed E-state index contributed by atoms with van der Waals surface area (Å²) in [5.74, 6) is 0.691. The molecule has 0 saturated carbocycles. The van der Waals surface area contributed by atoms with Gasteiger partial charge in [-0.05, 0) is 18.2 Å². The van der Waals surface area contributed by atoms with E-state index in [1.54, 1.807) is 26.3 Å². The molecule has 1 aromatic rings. The molecule has 3 nitrogen and oxygen atoms in total. The molecule has 0 aliphatic rings. The van der Waals surface area contributed by atoms with Crippen LogP contribution >= 0.6 is 0 Å². The number of rotatable bonds is 3. The number of carbonyl (C=O) groups excluding carboxylic acids is 1. The Morgan fingerprint density at radius 2 is 2.00 bits per heavy atom.